The molecule has 1 unspecified atom stereocenters. The van der Waals surface area contributed by atoms with Gasteiger partial charge in [0.25, 0.3) is 11.8 Å². The second-order valence-electron chi connectivity index (χ2n) is 11.1. The van der Waals surface area contributed by atoms with E-state index in [0.717, 1.165) is 21.7 Å². The molecular formula is C30H36N6O5S. The molecule has 12 heteroatoms. The summed E-state index contributed by atoms with van der Waals surface area (Å²) in [5, 5.41) is 14.4. The van der Waals surface area contributed by atoms with Crippen molar-refractivity contribution in [3.8, 4) is 16.3 Å². The fourth-order valence-corrected chi connectivity index (χ4v) is 6.25. The highest BCUT2D eigenvalue weighted by Gasteiger charge is 2.42. The summed E-state index contributed by atoms with van der Waals surface area (Å²) in [6.45, 7) is 7.96. The van der Waals surface area contributed by atoms with Crippen LogP contribution in [0.4, 0.5) is 0 Å². The average Bonchev–Trinajstić information content (AvgIpc) is 3.79. The number of thiazole rings is 1. The number of rotatable bonds is 9. The average molecular weight is 593 g/mol. The summed E-state index contributed by atoms with van der Waals surface area (Å²) in [6.07, 6.45) is 1.07. The second kappa shape index (κ2) is 12.1. The van der Waals surface area contributed by atoms with Gasteiger partial charge in [-0.3, -0.25) is 9.59 Å². The van der Waals surface area contributed by atoms with Gasteiger partial charge in [0.05, 0.1) is 47.6 Å². The molecule has 1 aliphatic heterocycles. The third-order valence-corrected chi connectivity index (χ3v) is 8.94. The minimum Gasteiger partial charge on any atom is -0.479 e. The van der Waals surface area contributed by atoms with Crippen LogP contribution >= 0.6 is 11.3 Å². The number of aliphatic hydroxyl groups excluding tert-OH is 1. The maximum atomic E-state index is 13.8. The molecule has 1 aliphatic rings. The molecule has 0 aliphatic carbocycles. The van der Waals surface area contributed by atoms with Crippen LogP contribution in [0.25, 0.3) is 10.4 Å². The van der Waals surface area contributed by atoms with Crippen LogP contribution in [0.15, 0.2) is 46.6 Å². The number of aliphatic hydroxyl groups is 1. The molecule has 2 N–H and O–H groups in total. The number of methoxy groups -OCH3 is 1. The van der Waals surface area contributed by atoms with Crippen molar-refractivity contribution in [1.82, 2.24) is 29.9 Å². The van der Waals surface area contributed by atoms with Gasteiger partial charge in [-0.2, -0.15) is 0 Å². The summed E-state index contributed by atoms with van der Waals surface area (Å²) < 4.78 is 10.5. The molecule has 0 saturated carbocycles. The van der Waals surface area contributed by atoms with E-state index in [9.17, 15) is 14.7 Å². The van der Waals surface area contributed by atoms with Gasteiger partial charge in [0, 0.05) is 26.1 Å². The van der Waals surface area contributed by atoms with Crippen LogP contribution in [0.5, 0.6) is 5.88 Å². The SMILES string of the molecule is COc1cc(C(C(=O)N2C[C@H](O)C[C@H]2c2ncc(C(=O)N(C)[C@@H](C)c3ccc(-c4scnc4C)cc3)[nH]2)C(C)C)on1. The number of nitrogens with one attached hydrogen (secondary N) is 1. The maximum Gasteiger partial charge on any atom is 0.272 e. The number of nitrogens with zero attached hydrogens (tertiary/aromatic N) is 5. The van der Waals surface area contributed by atoms with E-state index in [4.69, 9.17) is 9.26 Å². The Labute approximate surface area is 248 Å². The Hall–Kier alpha value is -4.03. The topological polar surface area (TPSA) is 138 Å². The molecule has 11 nitrogen and oxygen atoms in total. The number of imidazole rings is 1. The lowest BCUT2D eigenvalue weighted by Gasteiger charge is -2.28. The van der Waals surface area contributed by atoms with Gasteiger partial charge < -0.3 is 29.2 Å². The van der Waals surface area contributed by atoms with E-state index in [1.54, 1.807) is 34.3 Å². The first kappa shape index (κ1) is 29.5. The summed E-state index contributed by atoms with van der Waals surface area (Å²) in [4.78, 5) is 43.6. The lowest BCUT2D eigenvalue weighted by molar-refractivity contribution is -0.135. The zero-order valence-electron chi connectivity index (χ0n) is 24.6. The Morgan fingerprint density at radius 2 is 1.95 bits per heavy atom. The molecule has 0 spiro atoms. The van der Waals surface area contributed by atoms with Crippen LogP contribution in [0.3, 0.4) is 0 Å². The molecule has 0 bridgehead atoms. The number of ether oxygens (including phenoxy) is 1. The summed E-state index contributed by atoms with van der Waals surface area (Å²) in [5.41, 5.74) is 5.24. The normalized spacial score (nSPS) is 18.3. The van der Waals surface area contributed by atoms with Crippen molar-refractivity contribution in [3.63, 3.8) is 0 Å². The smallest absolute Gasteiger partial charge is 0.272 e. The first-order valence-electron chi connectivity index (χ1n) is 13.9. The number of aromatic amines is 1. The highest BCUT2D eigenvalue weighted by atomic mass is 32.1. The highest BCUT2D eigenvalue weighted by molar-refractivity contribution is 7.13. The molecule has 0 radical (unpaired) electrons. The summed E-state index contributed by atoms with van der Waals surface area (Å²) in [6, 6.07) is 9.05. The first-order valence-corrected chi connectivity index (χ1v) is 14.8. The molecule has 2 amide bonds. The zero-order chi connectivity index (χ0) is 30.1. The van der Waals surface area contributed by atoms with E-state index in [2.05, 4.69) is 32.2 Å². The molecule has 4 atom stereocenters. The molecule has 42 heavy (non-hydrogen) atoms. The van der Waals surface area contributed by atoms with Crippen molar-refractivity contribution >= 4 is 23.2 Å². The van der Waals surface area contributed by atoms with Gasteiger partial charge in [-0.1, -0.05) is 38.1 Å². The predicted octanol–water partition coefficient (Wildman–Crippen LogP) is 4.75. The first-order chi connectivity index (χ1) is 20.1. The number of aryl methyl sites for hydroxylation is 1. The van der Waals surface area contributed by atoms with Gasteiger partial charge in [0.1, 0.15) is 17.4 Å². The van der Waals surface area contributed by atoms with Crippen molar-refractivity contribution in [2.75, 3.05) is 20.7 Å². The third kappa shape index (κ3) is 5.68. The number of hydrogen-bond donors (Lipinski definition) is 2. The van der Waals surface area contributed by atoms with Gasteiger partial charge >= 0.3 is 0 Å². The number of aromatic nitrogens is 4. The minimum absolute atomic E-state index is 0.0995. The quantitative estimate of drug-likeness (QED) is 0.284. The van der Waals surface area contributed by atoms with Gasteiger partial charge in [0.15, 0.2) is 5.76 Å². The van der Waals surface area contributed by atoms with Gasteiger partial charge in [-0.05, 0) is 36.0 Å². The maximum absolute atomic E-state index is 13.8. The number of likely N-dealkylation sites (tertiary alicyclic amines) is 1. The molecule has 4 heterocycles. The van der Waals surface area contributed by atoms with E-state index in [0.29, 0.717) is 29.6 Å². The fraction of sp³-hybridized carbons (Fsp3) is 0.433. The Kier molecular flexibility index (Phi) is 8.46. The van der Waals surface area contributed by atoms with Crippen LogP contribution in [-0.4, -0.2) is 73.6 Å². The zero-order valence-corrected chi connectivity index (χ0v) is 25.4. The number of carbonyl (C=O) groups excluding carboxylic acids is 2. The lowest BCUT2D eigenvalue weighted by Crippen LogP contribution is -2.37. The Balaban J connectivity index is 1.31. The van der Waals surface area contributed by atoms with Crippen molar-refractivity contribution in [3.05, 3.63) is 70.6 Å². The molecule has 1 fully saturated rings. The molecule has 3 aromatic heterocycles. The van der Waals surface area contributed by atoms with Crippen LogP contribution in [0, 0.1) is 12.8 Å². The van der Waals surface area contributed by atoms with E-state index >= 15 is 0 Å². The van der Waals surface area contributed by atoms with Crippen molar-refractivity contribution < 1.29 is 24.0 Å². The standard InChI is InChI=1S/C30H36N6O5S/c1-16(2)26(24-12-25(40-6)34-41-24)30(39)36-14-21(37)11-23(36)28-31-13-22(33-28)29(38)35(5)18(4)19-7-9-20(10-8-19)27-17(3)32-15-42-27/h7-10,12-13,15-16,18,21,23,26,37H,11,14H2,1-6H3,(H,31,33)/t18-,21+,23-,26?/m0/s1. The lowest BCUT2D eigenvalue weighted by atomic mass is 9.91. The Bertz CT molecular complexity index is 1540. The molecule has 222 valence electrons. The summed E-state index contributed by atoms with van der Waals surface area (Å²) in [7, 11) is 3.23. The number of amides is 2. The number of β-amino-alcohol motifs (C(OH)–C–C–N with tert-alkyl or cyclic N) is 1. The van der Waals surface area contributed by atoms with Crippen LogP contribution < -0.4 is 4.74 Å². The van der Waals surface area contributed by atoms with Crippen molar-refractivity contribution in [2.45, 2.75) is 58.2 Å². The fourth-order valence-electron chi connectivity index (χ4n) is 5.44. The van der Waals surface area contributed by atoms with Crippen molar-refractivity contribution in [2.24, 2.45) is 5.92 Å². The number of carbonyl (C=O) groups is 2. The molecular weight excluding hydrogens is 556 g/mol. The molecule has 5 rings (SSSR count). The van der Waals surface area contributed by atoms with Crippen LogP contribution in [0.2, 0.25) is 0 Å². The molecule has 1 aromatic carbocycles. The van der Waals surface area contributed by atoms with Crippen LogP contribution in [-0.2, 0) is 4.79 Å². The molecule has 4 aromatic rings. The van der Waals surface area contributed by atoms with E-state index < -0.39 is 18.1 Å². The van der Waals surface area contributed by atoms with E-state index in [-0.39, 0.29) is 30.3 Å². The van der Waals surface area contributed by atoms with E-state index in [1.165, 1.54) is 13.3 Å². The van der Waals surface area contributed by atoms with E-state index in [1.807, 2.05) is 45.3 Å². The van der Waals surface area contributed by atoms with Crippen molar-refractivity contribution in [1.29, 1.82) is 0 Å². The highest BCUT2D eigenvalue weighted by Crippen LogP contribution is 2.37. The second-order valence-corrected chi connectivity index (χ2v) is 11.9. The Morgan fingerprint density at radius 1 is 1.21 bits per heavy atom. The molecule has 1 saturated heterocycles. The number of hydrogen-bond acceptors (Lipinski definition) is 9. The Morgan fingerprint density at radius 3 is 2.57 bits per heavy atom. The van der Waals surface area contributed by atoms with Gasteiger partial charge in [-0.15, -0.1) is 11.3 Å². The minimum atomic E-state index is -0.723. The van der Waals surface area contributed by atoms with Crippen LogP contribution in [0.1, 0.15) is 78.5 Å². The van der Waals surface area contributed by atoms with Gasteiger partial charge in [-0.25, -0.2) is 9.97 Å². The monoisotopic (exact) mass is 592 g/mol. The predicted molar refractivity (Wildman–Crippen MR) is 157 cm³/mol. The number of H-pyrrole nitrogens is 1. The van der Waals surface area contributed by atoms with Gasteiger partial charge in [0.2, 0.25) is 5.91 Å². The number of benzene rings is 1. The summed E-state index contributed by atoms with van der Waals surface area (Å²) in [5.74, 6) is -0.0217. The third-order valence-electron chi connectivity index (χ3n) is 7.96. The summed E-state index contributed by atoms with van der Waals surface area (Å²) >= 11 is 1.60. The largest absolute Gasteiger partial charge is 0.479 e.